The van der Waals surface area contributed by atoms with E-state index in [0.29, 0.717) is 16.9 Å². The highest BCUT2D eigenvalue weighted by atomic mass is 19.3. The summed E-state index contributed by atoms with van der Waals surface area (Å²) in [4.78, 5) is 24.4. The van der Waals surface area contributed by atoms with Gasteiger partial charge in [0, 0.05) is 25.3 Å². The van der Waals surface area contributed by atoms with Gasteiger partial charge in [0.25, 0.3) is 5.91 Å². The highest BCUT2D eigenvalue weighted by molar-refractivity contribution is 5.97. The van der Waals surface area contributed by atoms with E-state index in [1.807, 2.05) is 0 Å². The average Bonchev–Trinajstić information content (AvgIpc) is 3.20. The van der Waals surface area contributed by atoms with E-state index in [2.05, 4.69) is 10.4 Å². The van der Waals surface area contributed by atoms with E-state index in [1.165, 1.54) is 23.9 Å². The van der Waals surface area contributed by atoms with Gasteiger partial charge in [0.15, 0.2) is 5.69 Å². The van der Waals surface area contributed by atoms with Gasteiger partial charge in [0.2, 0.25) is 5.92 Å². The number of methoxy groups -OCH3 is 1. The Labute approximate surface area is 204 Å². The maximum atomic E-state index is 13.6. The summed E-state index contributed by atoms with van der Waals surface area (Å²) in [5.41, 5.74) is 7.31. The van der Waals surface area contributed by atoms with Crippen LogP contribution in [-0.4, -0.2) is 39.8 Å². The summed E-state index contributed by atoms with van der Waals surface area (Å²) < 4.78 is 47.0. The number of carbonyl (C=O) groups is 2. The van der Waals surface area contributed by atoms with Crippen molar-refractivity contribution < 1.29 is 32.6 Å². The molecule has 4 rings (SSSR count). The fourth-order valence-corrected chi connectivity index (χ4v) is 4.34. The van der Waals surface area contributed by atoms with Crippen LogP contribution in [0.15, 0.2) is 42.5 Å². The molecule has 0 saturated heterocycles. The van der Waals surface area contributed by atoms with Crippen molar-refractivity contribution in [1.29, 1.82) is 0 Å². The Morgan fingerprint density at radius 3 is 2.47 bits per heavy atom. The van der Waals surface area contributed by atoms with Gasteiger partial charge in [-0.1, -0.05) is 12.1 Å². The SMILES string of the molecule is COc1ccc(F)cc1C(=O)NCc1ccc(-n2nc(C3CCC(F)(F)CC3)c(N)c2C(=O)O)cc1. The van der Waals surface area contributed by atoms with Crippen molar-refractivity contribution in [1.82, 2.24) is 15.1 Å². The molecule has 2 aromatic carbocycles. The Hall–Kier alpha value is -4.02. The van der Waals surface area contributed by atoms with E-state index in [9.17, 15) is 27.9 Å². The van der Waals surface area contributed by atoms with Crippen LogP contribution in [-0.2, 0) is 6.54 Å². The molecule has 4 N–H and O–H groups in total. The van der Waals surface area contributed by atoms with Crippen molar-refractivity contribution in [3.05, 3.63) is 70.8 Å². The van der Waals surface area contributed by atoms with Crippen LogP contribution in [0.1, 0.15) is 63.7 Å². The molecule has 3 aromatic rings. The van der Waals surface area contributed by atoms with Gasteiger partial charge in [-0.2, -0.15) is 5.10 Å². The van der Waals surface area contributed by atoms with Gasteiger partial charge in [0.05, 0.1) is 29.7 Å². The van der Waals surface area contributed by atoms with Crippen LogP contribution < -0.4 is 15.8 Å². The van der Waals surface area contributed by atoms with Crippen molar-refractivity contribution in [2.24, 2.45) is 0 Å². The summed E-state index contributed by atoms with van der Waals surface area (Å²) in [7, 11) is 1.38. The highest BCUT2D eigenvalue weighted by Crippen LogP contribution is 2.42. The number of alkyl halides is 2. The number of nitrogen functional groups attached to an aromatic ring is 1. The molecular weight excluding hydrogens is 477 g/mol. The van der Waals surface area contributed by atoms with E-state index in [-0.39, 0.29) is 60.8 Å². The van der Waals surface area contributed by atoms with Crippen LogP contribution in [0.5, 0.6) is 5.75 Å². The molecule has 1 fully saturated rings. The normalized spacial score (nSPS) is 15.4. The number of nitrogens with two attached hydrogens (primary N) is 1. The fraction of sp³-hybridized carbons (Fsp3) is 0.320. The molecule has 0 spiro atoms. The molecule has 0 aliphatic heterocycles. The number of aromatic nitrogens is 2. The average molecular weight is 502 g/mol. The molecule has 1 amide bonds. The van der Waals surface area contributed by atoms with Crippen LogP contribution in [0.3, 0.4) is 0 Å². The zero-order valence-corrected chi connectivity index (χ0v) is 19.4. The largest absolute Gasteiger partial charge is 0.496 e. The Kier molecular flexibility index (Phi) is 6.91. The molecule has 8 nitrogen and oxygen atoms in total. The molecule has 0 unspecified atom stereocenters. The van der Waals surface area contributed by atoms with Crippen LogP contribution in [0, 0.1) is 5.82 Å². The van der Waals surface area contributed by atoms with Crippen LogP contribution in [0.4, 0.5) is 18.9 Å². The minimum absolute atomic E-state index is 0.0295. The molecule has 1 saturated carbocycles. The first-order chi connectivity index (χ1) is 17.1. The number of benzene rings is 2. The molecule has 11 heteroatoms. The van der Waals surface area contributed by atoms with Gasteiger partial charge >= 0.3 is 5.97 Å². The van der Waals surface area contributed by atoms with Gasteiger partial charge in [-0.25, -0.2) is 22.6 Å². The number of rotatable bonds is 7. The number of hydrogen-bond acceptors (Lipinski definition) is 5. The summed E-state index contributed by atoms with van der Waals surface area (Å²) in [6, 6.07) is 10.2. The van der Waals surface area contributed by atoms with Gasteiger partial charge in [-0.15, -0.1) is 0 Å². The highest BCUT2D eigenvalue weighted by Gasteiger charge is 2.38. The number of ether oxygens (including phenoxy) is 1. The predicted octanol–water partition coefficient (Wildman–Crippen LogP) is 4.52. The Morgan fingerprint density at radius 1 is 1.19 bits per heavy atom. The standard InChI is InChI=1S/C25H25F3N4O4/c1-36-19-7-4-16(26)12-18(19)23(33)30-13-14-2-5-17(6-3-14)32-22(24(34)35)20(29)21(31-32)15-8-10-25(27,28)11-9-15/h2-7,12,15H,8-11,13,29H2,1H3,(H,30,33)(H,34,35). The number of amides is 1. The Balaban J connectivity index is 1.52. The molecule has 1 aromatic heterocycles. The van der Waals surface area contributed by atoms with Crippen molar-refractivity contribution in [2.45, 2.75) is 44.1 Å². The maximum Gasteiger partial charge on any atom is 0.356 e. The third-order valence-electron chi connectivity index (χ3n) is 6.30. The summed E-state index contributed by atoms with van der Waals surface area (Å²) in [6.07, 6.45) is -0.257. The summed E-state index contributed by atoms with van der Waals surface area (Å²) in [6.45, 7) is 0.118. The smallest absolute Gasteiger partial charge is 0.356 e. The Morgan fingerprint density at radius 2 is 1.86 bits per heavy atom. The van der Waals surface area contributed by atoms with E-state index in [0.717, 1.165) is 6.07 Å². The predicted molar refractivity (Wildman–Crippen MR) is 125 cm³/mol. The van der Waals surface area contributed by atoms with E-state index >= 15 is 0 Å². The minimum atomic E-state index is -2.73. The van der Waals surface area contributed by atoms with Crippen molar-refractivity contribution >= 4 is 17.6 Å². The molecule has 1 aliphatic rings. The minimum Gasteiger partial charge on any atom is -0.496 e. The third kappa shape index (κ3) is 5.14. The third-order valence-corrected chi connectivity index (χ3v) is 6.30. The summed E-state index contributed by atoms with van der Waals surface area (Å²) in [5, 5.41) is 16.8. The van der Waals surface area contributed by atoms with Gasteiger partial charge in [0.1, 0.15) is 11.6 Å². The van der Waals surface area contributed by atoms with E-state index < -0.39 is 23.6 Å². The lowest BCUT2D eigenvalue weighted by Crippen LogP contribution is -2.24. The molecule has 0 atom stereocenters. The number of carbonyl (C=O) groups excluding carboxylic acids is 1. The number of halogens is 3. The molecule has 36 heavy (non-hydrogen) atoms. The lowest BCUT2D eigenvalue weighted by Gasteiger charge is -2.27. The number of nitrogens with one attached hydrogen (secondary N) is 1. The molecule has 190 valence electrons. The summed E-state index contributed by atoms with van der Waals surface area (Å²) in [5.74, 6) is -5.22. The second-order valence-corrected chi connectivity index (χ2v) is 8.69. The zero-order valence-electron chi connectivity index (χ0n) is 19.4. The van der Waals surface area contributed by atoms with E-state index in [4.69, 9.17) is 10.5 Å². The second kappa shape index (κ2) is 9.92. The number of nitrogens with zero attached hydrogens (tertiary/aromatic N) is 2. The topological polar surface area (TPSA) is 119 Å². The number of anilines is 1. The second-order valence-electron chi connectivity index (χ2n) is 8.69. The number of carboxylic acid groups (broad SMARTS) is 1. The van der Waals surface area contributed by atoms with Gasteiger partial charge in [-0.05, 0) is 48.7 Å². The van der Waals surface area contributed by atoms with Crippen LogP contribution in [0.25, 0.3) is 5.69 Å². The number of aromatic carboxylic acids is 1. The first kappa shape index (κ1) is 25.1. The molecule has 1 aliphatic carbocycles. The fourth-order valence-electron chi connectivity index (χ4n) is 4.34. The molecular formula is C25H25F3N4O4. The van der Waals surface area contributed by atoms with Crippen molar-refractivity contribution in [3.63, 3.8) is 0 Å². The Bertz CT molecular complexity index is 1280. The van der Waals surface area contributed by atoms with Gasteiger partial charge < -0.3 is 20.9 Å². The van der Waals surface area contributed by atoms with Gasteiger partial charge in [-0.3, -0.25) is 4.79 Å². The lowest BCUT2D eigenvalue weighted by atomic mass is 9.84. The van der Waals surface area contributed by atoms with Crippen LogP contribution in [0.2, 0.25) is 0 Å². The zero-order chi connectivity index (χ0) is 26.0. The maximum absolute atomic E-state index is 13.6. The molecule has 0 radical (unpaired) electrons. The molecule has 1 heterocycles. The first-order valence-corrected chi connectivity index (χ1v) is 11.3. The quantitative estimate of drug-likeness (QED) is 0.437. The van der Waals surface area contributed by atoms with Crippen LogP contribution >= 0.6 is 0 Å². The summed E-state index contributed by atoms with van der Waals surface area (Å²) >= 11 is 0. The monoisotopic (exact) mass is 502 g/mol. The van der Waals surface area contributed by atoms with Crippen molar-refractivity contribution in [2.75, 3.05) is 12.8 Å². The van der Waals surface area contributed by atoms with Crippen molar-refractivity contribution in [3.8, 4) is 11.4 Å². The number of hydrogen-bond donors (Lipinski definition) is 3. The molecule has 0 bridgehead atoms. The first-order valence-electron chi connectivity index (χ1n) is 11.3. The number of carboxylic acids is 1. The lowest BCUT2D eigenvalue weighted by molar-refractivity contribution is -0.0384. The van der Waals surface area contributed by atoms with E-state index in [1.54, 1.807) is 24.3 Å².